The Balaban J connectivity index is 3.94. The molecule has 0 saturated heterocycles. The summed E-state index contributed by atoms with van der Waals surface area (Å²) >= 11 is 7.72. The number of esters is 2. The van der Waals surface area contributed by atoms with Crippen molar-refractivity contribution in [2.75, 3.05) is 36.2 Å². The molecule has 0 aliphatic rings. The number of ether oxygens (including phenoxy) is 2. The Kier molecular flexibility index (Phi) is 36.8. The Hall–Kier alpha value is 0.300. The zero-order valence-electron chi connectivity index (χ0n) is 30.2. The van der Waals surface area contributed by atoms with E-state index in [-0.39, 0.29) is 18.0 Å². The fraction of sp³-hybridized carbons (Fsp3) is 0.946. The van der Waals surface area contributed by atoms with E-state index < -0.39 is 0 Å². The summed E-state index contributed by atoms with van der Waals surface area (Å²) in [6.07, 6.45) is 22.7. The first kappa shape index (κ1) is 46.3. The molecule has 0 unspecified atom stereocenters. The van der Waals surface area contributed by atoms with Crippen LogP contribution in [-0.4, -0.2) is 68.5 Å². The first-order chi connectivity index (χ1) is 22.5. The zero-order chi connectivity index (χ0) is 33.9. The molecule has 9 heteroatoms. The van der Waals surface area contributed by atoms with Crippen LogP contribution in [0.15, 0.2) is 0 Å². The van der Waals surface area contributed by atoms with Crippen LogP contribution in [0.1, 0.15) is 169 Å². The van der Waals surface area contributed by atoms with Crippen molar-refractivity contribution in [2.24, 2.45) is 0 Å². The predicted octanol–water partition coefficient (Wildman–Crippen LogP) is 11.7. The lowest BCUT2D eigenvalue weighted by atomic mass is 10.0. The molecule has 0 aromatic carbocycles. The molecule has 0 aliphatic heterocycles. The Morgan fingerprint density at radius 1 is 0.478 bits per heavy atom. The van der Waals surface area contributed by atoms with Crippen molar-refractivity contribution in [2.45, 2.75) is 184 Å². The van der Waals surface area contributed by atoms with E-state index in [0.29, 0.717) is 35.2 Å². The van der Waals surface area contributed by atoms with Crippen molar-refractivity contribution in [1.29, 1.82) is 0 Å². The topological polar surface area (TPSA) is 72.8 Å². The molecular formula is C37H72O5S4. The quantitative estimate of drug-likeness (QED) is 0.0386. The summed E-state index contributed by atoms with van der Waals surface area (Å²) in [5, 5.41) is 10.4. The Morgan fingerprint density at radius 2 is 0.804 bits per heavy atom. The molecule has 46 heavy (non-hydrogen) atoms. The van der Waals surface area contributed by atoms with E-state index >= 15 is 0 Å². The molecule has 0 aromatic rings. The van der Waals surface area contributed by atoms with Gasteiger partial charge in [0.15, 0.2) is 0 Å². The van der Waals surface area contributed by atoms with E-state index in [9.17, 15) is 14.7 Å². The number of aliphatic hydroxyl groups is 1. The molecule has 1 N–H and O–H groups in total. The maximum absolute atomic E-state index is 12.4. The van der Waals surface area contributed by atoms with Crippen LogP contribution in [0.3, 0.4) is 0 Å². The van der Waals surface area contributed by atoms with Crippen LogP contribution < -0.4 is 0 Å². The summed E-state index contributed by atoms with van der Waals surface area (Å²) in [4.78, 5) is 24.9. The molecule has 0 aliphatic carbocycles. The van der Waals surface area contributed by atoms with Crippen molar-refractivity contribution < 1.29 is 24.2 Å². The summed E-state index contributed by atoms with van der Waals surface area (Å²) in [5.74, 6) is 4.37. The molecule has 0 radical (unpaired) electrons. The third-order valence-electron chi connectivity index (χ3n) is 7.76. The van der Waals surface area contributed by atoms with Gasteiger partial charge in [-0.1, -0.05) is 91.9 Å². The summed E-state index contributed by atoms with van der Waals surface area (Å²) in [6.45, 7) is 9.87. The Bertz CT molecular complexity index is 592. The van der Waals surface area contributed by atoms with Gasteiger partial charge in [0.05, 0.1) is 41.3 Å². The minimum Gasteiger partial charge on any atom is -0.466 e. The lowest BCUT2D eigenvalue weighted by Crippen LogP contribution is -2.13. The van der Waals surface area contributed by atoms with Gasteiger partial charge in [-0.3, -0.25) is 9.59 Å². The van der Waals surface area contributed by atoms with Crippen molar-refractivity contribution in [3.05, 3.63) is 0 Å². The summed E-state index contributed by atoms with van der Waals surface area (Å²) in [6, 6.07) is 0. The van der Waals surface area contributed by atoms with Gasteiger partial charge in [-0.25, -0.2) is 0 Å². The van der Waals surface area contributed by atoms with Crippen molar-refractivity contribution in [1.82, 2.24) is 0 Å². The second kappa shape index (κ2) is 36.6. The van der Waals surface area contributed by atoms with E-state index in [4.69, 9.17) is 9.47 Å². The molecule has 274 valence electrons. The van der Waals surface area contributed by atoms with Crippen molar-refractivity contribution in [3.8, 4) is 0 Å². The van der Waals surface area contributed by atoms with Crippen molar-refractivity contribution >= 4 is 59.0 Å². The lowest BCUT2D eigenvalue weighted by molar-refractivity contribution is -0.144. The highest BCUT2D eigenvalue weighted by Crippen LogP contribution is 2.30. The van der Waals surface area contributed by atoms with Gasteiger partial charge in [0, 0.05) is 0 Å². The molecule has 5 nitrogen and oxygen atoms in total. The summed E-state index contributed by atoms with van der Waals surface area (Å²) in [7, 11) is 0. The number of thioether (sulfide) groups is 4. The van der Waals surface area contributed by atoms with Crippen LogP contribution in [-0.2, 0) is 19.1 Å². The number of hydrogen-bond donors (Lipinski definition) is 1. The second-order valence-corrected chi connectivity index (χ2v) is 18.2. The third kappa shape index (κ3) is 32.8. The van der Waals surface area contributed by atoms with Crippen LogP contribution in [0.2, 0.25) is 0 Å². The number of carbonyl (C=O) groups excluding carboxylic acids is 2. The number of rotatable bonds is 36. The first-order valence-corrected chi connectivity index (χ1v) is 23.1. The lowest BCUT2D eigenvalue weighted by Gasteiger charge is -2.16. The van der Waals surface area contributed by atoms with Gasteiger partial charge in [-0.2, -0.15) is 0 Å². The minimum absolute atomic E-state index is 0.0656. The van der Waals surface area contributed by atoms with E-state index in [0.717, 1.165) is 74.4 Å². The van der Waals surface area contributed by atoms with Crippen LogP contribution in [0.5, 0.6) is 0 Å². The number of aliphatic hydroxyl groups excluding tert-OH is 1. The molecular weight excluding hydrogens is 653 g/mol. The number of unbranched alkanes of at least 4 members (excludes halogenated alkanes) is 12. The normalized spacial score (nSPS) is 11.7. The van der Waals surface area contributed by atoms with E-state index in [1.165, 1.54) is 77.0 Å². The van der Waals surface area contributed by atoms with Gasteiger partial charge < -0.3 is 14.6 Å². The maximum atomic E-state index is 12.4. The Morgan fingerprint density at radius 3 is 1.11 bits per heavy atom. The molecule has 0 fully saturated rings. The van der Waals surface area contributed by atoms with Gasteiger partial charge in [-0.15, -0.1) is 47.0 Å². The highest BCUT2D eigenvalue weighted by Gasteiger charge is 2.17. The Labute approximate surface area is 302 Å². The summed E-state index contributed by atoms with van der Waals surface area (Å²) < 4.78 is 11.7. The largest absolute Gasteiger partial charge is 0.466 e. The van der Waals surface area contributed by atoms with Crippen LogP contribution in [0.25, 0.3) is 0 Å². The fourth-order valence-corrected chi connectivity index (χ4v) is 10.3. The van der Waals surface area contributed by atoms with Crippen LogP contribution in [0.4, 0.5) is 0 Å². The molecule has 0 aromatic heterocycles. The highest BCUT2D eigenvalue weighted by atomic mass is 32.2. The monoisotopic (exact) mass is 724 g/mol. The van der Waals surface area contributed by atoms with Crippen LogP contribution in [0, 0.1) is 0 Å². The number of hydrogen-bond acceptors (Lipinski definition) is 9. The standard InChI is InChI=1S/C37H72O5S4/c1-5-9-19-27-43-36(44-28-20-10-6-2)31-34(39)41-25-17-13-15-23-33(38)24-16-14-18-26-42-35(40)32-37(45-29-21-11-7-3)46-30-22-12-8-4/h33,36-38H,5-32H2,1-4H3. The molecule has 0 amide bonds. The van der Waals surface area contributed by atoms with E-state index in [2.05, 4.69) is 27.7 Å². The van der Waals surface area contributed by atoms with Gasteiger partial charge in [0.25, 0.3) is 0 Å². The summed E-state index contributed by atoms with van der Waals surface area (Å²) in [5.41, 5.74) is 0. The SMILES string of the molecule is CCCCCSC(CC(=O)OCCCCCC(O)CCCCCOC(=O)CC(SCCCCC)SCCCCC)SCCCCC. The maximum Gasteiger partial charge on any atom is 0.307 e. The minimum atomic E-state index is -0.282. The van der Waals surface area contributed by atoms with Gasteiger partial charge in [-0.05, 0) is 87.2 Å². The first-order valence-electron chi connectivity index (χ1n) is 18.9. The average Bonchev–Trinajstić information content (AvgIpc) is 3.04. The predicted molar refractivity (Wildman–Crippen MR) is 210 cm³/mol. The van der Waals surface area contributed by atoms with Crippen LogP contribution >= 0.6 is 47.0 Å². The zero-order valence-corrected chi connectivity index (χ0v) is 33.5. The molecule has 0 spiro atoms. The van der Waals surface area contributed by atoms with Crippen molar-refractivity contribution in [3.63, 3.8) is 0 Å². The smallest absolute Gasteiger partial charge is 0.307 e. The van der Waals surface area contributed by atoms with Gasteiger partial charge in [0.1, 0.15) is 0 Å². The van der Waals surface area contributed by atoms with E-state index in [1.807, 2.05) is 47.0 Å². The molecule has 0 heterocycles. The molecule has 0 bridgehead atoms. The molecule has 0 saturated carbocycles. The van der Waals surface area contributed by atoms with E-state index in [1.54, 1.807) is 0 Å². The van der Waals surface area contributed by atoms with Gasteiger partial charge >= 0.3 is 11.9 Å². The third-order valence-corrected chi connectivity index (χ3v) is 13.6. The fourth-order valence-electron chi connectivity index (χ4n) is 4.82. The molecule has 0 rings (SSSR count). The molecule has 0 atom stereocenters. The highest BCUT2D eigenvalue weighted by molar-refractivity contribution is 8.17. The number of carbonyl (C=O) groups is 2. The average molecular weight is 725 g/mol. The van der Waals surface area contributed by atoms with Gasteiger partial charge in [0.2, 0.25) is 0 Å². The second-order valence-electron chi connectivity index (χ2n) is 12.4.